The van der Waals surface area contributed by atoms with E-state index in [1.165, 1.54) is 43.8 Å². The van der Waals surface area contributed by atoms with E-state index in [-0.39, 0.29) is 0 Å². The third kappa shape index (κ3) is 6.92. The van der Waals surface area contributed by atoms with E-state index in [0.29, 0.717) is 17.6 Å². The number of hydrogen-bond donors (Lipinski definition) is 0. The molecule has 0 N–H and O–H groups in total. The molecule has 6 nitrogen and oxygen atoms in total. The van der Waals surface area contributed by atoms with Gasteiger partial charge in [0.1, 0.15) is 0 Å². The van der Waals surface area contributed by atoms with Gasteiger partial charge in [-0.15, -0.1) is 0 Å². The molecule has 15 rings (SSSR count). The predicted octanol–water partition coefficient (Wildman–Crippen LogP) is 17.5. The minimum Gasteiger partial charge on any atom is -0.309 e. The highest BCUT2D eigenvalue weighted by atomic mass is 15.2. The Balaban J connectivity index is 0.993. The predicted molar refractivity (Wildman–Crippen MR) is 310 cm³/mol. The van der Waals surface area contributed by atoms with Crippen LogP contribution in [0.2, 0.25) is 0 Å². The SMILES string of the molecule is c1ccc(-c2ccc3c(c2)c2ccccc2n3-c2nc(-c3ccccc3-n3c4ccccc4c4cc(-c5ccccc5)ccc43)nc(-c3ccccc3-n3c4ccccc4c4cc(-c5ccccc5)ccc43)n2)cc1. The number of benzene rings is 11. The minimum absolute atomic E-state index is 0.530. The molecule has 0 bridgehead atoms. The highest BCUT2D eigenvalue weighted by Crippen LogP contribution is 2.42. The normalized spacial score (nSPS) is 11.7. The van der Waals surface area contributed by atoms with Gasteiger partial charge >= 0.3 is 0 Å². The van der Waals surface area contributed by atoms with Gasteiger partial charge in [0, 0.05) is 43.4 Å². The molecule has 0 fully saturated rings. The summed E-state index contributed by atoms with van der Waals surface area (Å²) in [6, 6.07) is 95.2. The van der Waals surface area contributed by atoms with Gasteiger partial charge in [0.25, 0.3) is 0 Å². The molecule has 350 valence electrons. The number of rotatable bonds is 8. The second-order valence-electron chi connectivity index (χ2n) is 19.2. The monoisotopic (exact) mass is 956 g/mol. The molecule has 0 radical (unpaired) electrons. The van der Waals surface area contributed by atoms with Crippen LogP contribution in [-0.4, -0.2) is 28.7 Å². The van der Waals surface area contributed by atoms with Crippen LogP contribution in [0.4, 0.5) is 0 Å². The van der Waals surface area contributed by atoms with Gasteiger partial charge in [-0.05, 0) is 112 Å². The summed E-state index contributed by atoms with van der Waals surface area (Å²) in [7, 11) is 0. The van der Waals surface area contributed by atoms with E-state index in [9.17, 15) is 0 Å². The lowest BCUT2D eigenvalue weighted by molar-refractivity contribution is 0.950. The van der Waals surface area contributed by atoms with Gasteiger partial charge in [-0.1, -0.05) is 188 Å². The second kappa shape index (κ2) is 17.3. The molecule has 0 saturated heterocycles. The maximum absolute atomic E-state index is 5.60. The van der Waals surface area contributed by atoms with Crippen LogP contribution < -0.4 is 0 Å². The van der Waals surface area contributed by atoms with E-state index in [1.807, 2.05) is 0 Å². The summed E-state index contributed by atoms with van der Waals surface area (Å²) in [6.45, 7) is 0. The van der Waals surface area contributed by atoms with Gasteiger partial charge in [0.05, 0.1) is 44.5 Å². The van der Waals surface area contributed by atoms with Crippen molar-refractivity contribution in [2.24, 2.45) is 0 Å². The summed E-state index contributed by atoms with van der Waals surface area (Å²) in [5.74, 6) is 1.66. The fourth-order valence-electron chi connectivity index (χ4n) is 11.5. The summed E-state index contributed by atoms with van der Waals surface area (Å²) in [5.41, 5.74) is 17.1. The van der Waals surface area contributed by atoms with Gasteiger partial charge in [-0.3, -0.25) is 4.57 Å². The molecule has 11 aromatic carbocycles. The summed E-state index contributed by atoms with van der Waals surface area (Å²) in [5, 5.41) is 6.94. The lowest BCUT2D eigenvalue weighted by Crippen LogP contribution is -2.09. The van der Waals surface area contributed by atoms with E-state index < -0.39 is 0 Å². The first kappa shape index (κ1) is 42.5. The Morgan fingerprint density at radius 3 is 0.920 bits per heavy atom. The average Bonchev–Trinajstić information content (AvgIpc) is 4.18. The molecule has 0 spiro atoms. The van der Waals surface area contributed by atoms with Crippen molar-refractivity contribution in [3.63, 3.8) is 0 Å². The summed E-state index contributed by atoms with van der Waals surface area (Å²) >= 11 is 0. The van der Waals surface area contributed by atoms with Crippen molar-refractivity contribution in [3.8, 4) is 73.5 Å². The fourth-order valence-corrected chi connectivity index (χ4v) is 11.5. The second-order valence-corrected chi connectivity index (χ2v) is 19.2. The standard InChI is InChI=1S/C69H44N6/c1-4-20-45(21-5-1)48-36-39-64-56(42-48)51-26-10-15-31-59(51)73(64)62-34-18-13-29-54(62)67-70-68(72-69(71-67)75-61-33-17-12-28-53(61)58-44-50(38-41-66(58)75)47-24-8-3-9-25-47)55-30-14-19-35-63(55)74-60-32-16-11-27-52(60)57-43-49(37-40-65(57)74)46-22-6-2-7-23-46/h1-44H. The first-order valence-electron chi connectivity index (χ1n) is 25.4. The first-order valence-corrected chi connectivity index (χ1v) is 25.4. The molecule has 15 aromatic rings. The van der Waals surface area contributed by atoms with E-state index in [0.717, 1.165) is 77.5 Å². The Morgan fingerprint density at radius 2 is 0.520 bits per heavy atom. The molecule has 4 aromatic heterocycles. The largest absolute Gasteiger partial charge is 0.309 e. The van der Waals surface area contributed by atoms with Gasteiger partial charge < -0.3 is 9.13 Å². The molecule has 4 heterocycles. The molecule has 0 atom stereocenters. The van der Waals surface area contributed by atoms with Crippen LogP contribution in [0.25, 0.3) is 139 Å². The van der Waals surface area contributed by atoms with E-state index in [2.05, 4.69) is 281 Å². The lowest BCUT2D eigenvalue weighted by Gasteiger charge is -2.17. The van der Waals surface area contributed by atoms with Crippen LogP contribution in [-0.2, 0) is 0 Å². The molecule has 0 saturated carbocycles. The van der Waals surface area contributed by atoms with Crippen molar-refractivity contribution in [2.75, 3.05) is 0 Å². The van der Waals surface area contributed by atoms with Crippen LogP contribution in [0.15, 0.2) is 267 Å². The Morgan fingerprint density at radius 1 is 0.213 bits per heavy atom. The van der Waals surface area contributed by atoms with Crippen molar-refractivity contribution in [2.45, 2.75) is 0 Å². The van der Waals surface area contributed by atoms with Crippen LogP contribution in [0.1, 0.15) is 0 Å². The smallest absolute Gasteiger partial charge is 0.238 e. The highest BCUT2D eigenvalue weighted by Gasteiger charge is 2.24. The Labute approximate surface area is 432 Å². The first-order chi connectivity index (χ1) is 37.2. The van der Waals surface area contributed by atoms with Crippen molar-refractivity contribution in [1.82, 2.24) is 28.7 Å². The number of nitrogens with zero attached hydrogens (tertiary/aromatic N) is 6. The third-order valence-electron chi connectivity index (χ3n) is 14.9. The molecule has 6 heteroatoms. The average molecular weight is 957 g/mol. The van der Waals surface area contributed by atoms with Crippen molar-refractivity contribution in [3.05, 3.63) is 267 Å². The zero-order chi connectivity index (χ0) is 49.4. The quantitative estimate of drug-likeness (QED) is 0.152. The van der Waals surface area contributed by atoms with Crippen LogP contribution in [0, 0.1) is 0 Å². The Kier molecular flexibility index (Phi) is 9.78. The van der Waals surface area contributed by atoms with Gasteiger partial charge in [0.15, 0.2) is 11.6 Å². The Hall–Kier alpha value is -10.2. The molecule has 0 aliphatic carbocycles. The van der Waals surface area contributed by atoms with Crippen LogP contribution in [0.3, 0.4) is 0 Å². The number of fused-ring (bicyclic) bond motifs is 9. The van der Waals surface area contributed by atoms with Gasteiger partial charge in [0.2, 0.25) is 5.95 Å². The van der Waals surface area contributed by atoms with Crippen molar-refractivity contribution >= 4 is 65.4 Å². The van der Waals surface area contributed by atoms with E-state index in [1.54, 1.807) is 0 Å². The highest BCUT2D eigenvalue weighted by molar-refractivity contribution is 6.13. The number of para-hydroxylation sites is 5. The Bertz CT molecular complexity index is 4480. The zero-order valence-corrected chi connectivity index (χ0v) is 40.6. The fraction of sp³-hybridized carbons (Fsp3) is 0. The topological polar surface area (TPSA) is 53.5 Å². The van der Waals surface area contributed by atoms with Crippen molar-refractivity contribution < 1.29 is 0 Å². The third-order valence-corrected chi connectivity index (χ3v) is 14.9. The molecular formula is C69H44N6. The molecule has 0 aliphatic heterocycles. The molecule has 0 aliphatic rings. The van der Waals surface area contributed by atoms with Gasteiger partial charge in [-0.2, -0.15) is 9.97 Å². The van der Waals surface area contributed by atoms with E-state index >= 15 is 0 Å². The minimum atomic E-state index is 0.530. The molecule has 0 amide bonds. The molecule has 75 heavy (non-hydrogen) atoms. The van der Waals surface area contributed by atoms with Gasteiger partial charge in [-0.25, -0.2) is 4.98 Å². The number of aromatic nitrogens is 6. The summed E-state index contributed by atoms with van der Waals surface area (Å²) in [6.07, 6.45) is 0. The van der Waals surface area contributed by atoms with Crippen LogP contribution in [0.5, 0.6) is 0 Å². The maximum Gasteiger partial charge on any atom is 0.238 e. The number of hydrogen-bond acceptors (Lipinski definition) is 3. The maximum atomic E-state index is 5.60. The van der Waals surface area contributed by atoms with Crippen molar-refractivity contribution in [1.29, 1.82) is 0 Å². The molecule has 0 unspecified atom stereocenters. The zero-order valence-electron chi connectivity index (χ0n) is 40.6. The molecular weight excluding hydrogens is 913 g/mol. The summed E-state index contributed by atoms with van der Waals surface area (Å²) < 4.78 is 6.97. The lowest BCUT2D eigenvalue weighted by atomic mass is 10.0. The van der Waals surface area contributed by atoms with E-state index in [4.69, 9.17) is 15.0 Å². The summed E-state index contributed by atoms with van der Waals surface area (Å²) in [4.78, 5) is 16.8. The van der Waals surface area contributed by atoms with Crippen LogP contribution >= 0.6 is 0 Å².